The third-order valence-corrected chi connectivity index (χ3v) is 2.94. The van der Waals surface area contributed by atoms with Gasteiger partial charge in [0.15, 0.2) is 6.29 Å². The Balaban J connectivity index is 1.93. The Hall–Kier alpha value is -1.90. The lowest BCUT2D eigenvalue weighted by Crippen LogP contribution is -2.04. The number of benzene rings is 1. The van der Waals surface area contributed by atoms with Crippen LogP contribution in [0.2, 0.25) is 0 Å². The van der Waals surface area contributed by atoms with Crippen molar-refractivity contribution < 1.29 is 4.79 Å². The Morgan fingerprint density at radius 1 is 1.35 bits per heavy atom. The van der Waals surface area contributed by atoms with Crippen LogP contribution in [0.15, 0.2) is 42.9 Å². The summed E-state index contributed by atoms with van der Waals surface area (Å²) in [6, 6.07) is 10.8. The van der Waals surface area contributed by atoms with Crippen LogP contribution in [0.4, 0.5) is 0 Å². The quantitative estimate of drug-likeness (QED) is 0.737. The highest BCUT2D eigenvalue weighted by Gasteiger charge is 2.06. The van der Waals surface area contributed by atoms with Crippen molar-refractivity contribution in [1.82, 2.24) is 9.55 Å². The van der Waals surface area contributed by atoms with Gasteiger partial charge in [0.05, 0.1) is 6.33 Å². The molecular formula is C14H16N2O. The number of aryl methyl sites for hydroxylation is 1. The van der Waals surface area contributed by atoms with E-state index in [2.05, 4.69) is 36.2 Å². The van der Waals surface area contributed by atoms with Gasteiger partial charge in [0.2, 0.25) is 0 Å². The van der Waals surface area contributed by atoms with Gasteiger partial charge in [-0.25, -0.2) is 4.98 Å². The molecule has 0 saturated heterocycles. The lowest BCUT2D eigenvalue weighted by Gasteiger charge is -2.12. The second kappa shape index (κ2) is 5.43. The maximum absolute atomic E-state index is 10.5. The Labute approximate surface area is 101 Å². The Morgan fingerprint density at radius 2 is 2.12 bits per heavy atom. The molecule has 0 unspecified atom stereocenters. The van der Waals surface area contributed by atoms with Gasteiger partial charge in [0.1, 0.15) is 5.69 Å². The van der Waals surface area contributed by atoms with Gasteiger partial charge in [-0.15, -0.1) is 0 Å². The summed E-state index contributed by atoms with van der Waals surface area (Å²) in [5.74, 6) is 0. The molecule has 0 spiro atoms. The molecule has 0 saturated carbocycles. The van der Waals surface area contributed by atoms with E-state index in [0.717, 1.165) is 19.1 Å². The number of nitrogens with zero attached hydrogens (tertiary/aromatic N) is 2. The summed E-state index contributed by atoms with van der Waals surface area (Å²) in [5.41, 5.74) is 1.84. The van der Waals surface area contributed by atoms with Crippen LogP contribution >= 0.6 is 0 Å². The summed E-state index contributed by atoms with van der Waals surface area (Å²) in [4.78, 5) is 14.6. The molecule has 0 aliphatic rings. The molecule has 1 atom stereocenters. The van der Waals surface area contributed by atoms with Crippen LogP contribution in [0.1, 0.15) is 35.4 Å². The number of aldehydes is 1. The SMILES string of the molecule is C[C@@H](CCc1ccccc1)n1cnc(C=O)c1. The van der Waals surface area contributed by atoms with Crippen molar-refractivity contribution in [3.63, 3.8) is 0 Å². The van der Waals surface area contributed by atoms with Crippen LogP contribution in [0.25, 0.3) is 0 Å². The number of rotatable bonds is 5. The fourth-order valence-electron chi connectivity index (χ4n) is 1.82. The van der Waals surface area contributed by atoms with E-state index >= 15 is 0 Å². The van der Waals surface area contributed by atoms with Crippen molar-refractivity contribution >= 4 is 6.29 Å². The summed E-state index contributed by atoms with van der Waals surface area (Å²) in [6.45, 7) is 2.14. The van der Waals surface area contributed by atoms with Crippen molar-refractivity contribution in [2.45, 2.75) is 25.8 Å². The Bertz CT molecular complexity index is 476. The van der Waals surface area contributed by atoms with Crippen LogP contribution in [0.5, 0.6) is 0 Å². The number of carbonyl (C=O) groups is 1. The number of carbonyl (C=O) groups excluding carboxylic acids is 1. The highest BCUT2D eigenvalue weighted by Crippen LogP contribution is 2.14. The van der Waals surface area contributed by atoms with Gasteiger partial charge in [-0.1, -0.05) is 30.3 Å². The lowest BCUT2D eigenvalue weighted by atomic mass is 10.1. The summed E-state index contributed by atoms with van der Waals surface area (Å²) < 4.78 is 1.99. The first-order valence-electron chi connectivity index (χ1n) is 5.82. The lowest BCUT2D eigenvalue weighted by molar-refractivity contribution is 0.111. The maximum atomic E-state index is 10.5. The van der Waals surface area contributed by atoms with E-state index in [1.807, 2.05) is 10.6 Å². The van der Waals surface area contributed by atoms with Gasteiger partial charge in [0.25, 0.3) is 0 Å². The molecule has 0 aliphatic carbocycles. The second-order valence-corrected chi connectivity index (χ2v) is 4.24. The Morgan fingerprint density at radius 3 is 2.76 bits per heavy atom. The highest BCUT2D eigenvalue weighted by molar-refractivity contribution is 5.70. The van der Waals surface area contributed by atoms with E-state index in [-0.39, 0.29) is 0 Å². The number of imidazole rings is 1. The smallest absolute Gasteiger partial charge is 0.169 e. The predicted molar refractivity (Wildman–Crippen MR) is 67.1 cm³/mol. The summed E-state index contributed by atoms with van der Waals surface area (Å²) in [7, 11) is 0. The number of hydrogen-bond donors (Lipinski definition) is 0. The summed E-state index contributed by atoms with van der Waals surface area (Å²) in [5, 5.41) is 0. The van der Waals surface area contributed by atoms with Crippen molar-refractivity contribution in [2.75, 3.05) is 0 Å². The van der Waals surface area contributed by atoms with E-state index in [4.69, 9.17) is 0 Å². The molecule has 17 heavy (non-hydrogen) atoms. The molecule has 0 aliphatic heterocycles. The third-order valence-electron chi connectivity index (χ3n) is 2.94. The zero-order chi connectivity index (χ0) is 12.1. The minimum absolute atomic E-state index is 0.358. The van der Waals surface area contributed by atoms with Gasteiger partial charge in [-0.05, 0) is 25.3 Å². The summed E-state index contributed by atoms with van der Waals surface area (Å²) in [6.07, 6.45) is 6.37. The zero-order valence-electron chi connectivity index (χ0n) is 9.91. The molecule has 88 valence electrons. The van der Waals surface area contributed by atoms with Gasteiger partial charge >= 0.3 is 0 Å². The van der Waals surface area contributed by atoms with Crippen LogP contribution < -0.4 is 0 Å². The minimum Gasteiger partial charge on any atom is -0.334 e. The topological polar surface area (TPSA) is 34.9 Å². The first kappa shape index (κ1) is 11.6. The Kier molecular flexibility index (Phi) is 3.70. The van der Waals surface area contributed by atoms with Crippen molar-refractivity contribution in [3.05, 3.63) is 54.1 Å². The van der Waals surface area contributed by atoms with E-state index in [1.54, 1.807) is 12.5 Å². The molecule has 3 heteroatoms. The zero-order valence-corrected chi connectivity index (χ0v) is 9.91. The highest BCUT2D eigenvalue weighted by atomic mass is 16.1. The normalized spacial score (nSPS) is 12.3. The fraction of sp³-hybridized carbons (Fsp3) is 0.286. The first-order chi connectivity index (χ1) is 8.29. The van der Waals surface area contributed by atoms with Crippen LogP contribution in [0.3, 0.4) is 0 Å². The largest absolute Gasteiger partial charge is 0.334 e. The second-order valence-electron chi connectivity index (χ2n) is 4.24. The first-order valence-corrected chi connectivity index (χ1v) is 5.82. The molecule has 2 rings (SSSR count). The molecule has 0 amide bonds. The van der Waals surface area contributed by atoms with Gasteiger partial charge < -0.3 is 4.57 Å². The monoisotopic (exact) mass is 228 g/mol. The van der Waals surface area contributed by atoms with E-state index in [9.17, 15) is 4.79 Å². The number of hydrogen-bond acceptors (Lipinski definition) is 2. The third kappa shape index (κ3) is 3.03. The molecule has 0 N–H and O–H groups in total. The standard InChI is InChI=1S/C14H16N2O/c1-12(16-9-14(10-17)15-11-16)7-8-13-5-3-2-4-6-13/h2-6,9-12H,7-8H2,1H3/t12-/m0/s1. The van der Waals surface area contributed by atoms with E-state index < -0.39 is 0 Å². The fourth-order valence-corrected chi connectivity index (χ4v) is 1.82. The van der Waals surface area contributed by atoms with Crippen molar-refractivity contribution in [1.29, 1.82) is 0 Å². The molecule has 3 nitrogen and oxygen atoms in total. The minimum atomic E-state index is 0.358. The molecule has 0 radical (unpaired) electrons. The van der Waals surface area contributed by atoms with Crippen molar-refractivity contribution in [3.8, 4) is 0 Å². The van der Waals surface area contributed by atoms with Gasteiger partial charge in [-0.2, -0.15) is 0 Å². The summed E-state index contributed by atoms with van der Waals surface area (Å²) >= 11 is 0. The molecule has 0 bridgehead atoms. The van der Waals surface area contributed by atoms with Crippen LogP contribution in [-0.2, 0) is 6.42 Å². The predicted octanol–water partition coefficient (Wildman–Crippen LogP) is 2.89. The van der Waals surface area contributed by atoms with Crippen LogP contribution in [-0.4, -0.2) is 15.8 Å². The van der Waals surface area contributed by atoms with E-state index in [0.29, 0.717) is 11.7 Å². The van der Waals surface area contributed by atoms with E-state index in [1.165, 1.54) is 5.56 Å². The van der Waals surface area contributed by atoms with Crippen molar-refractivity contribution in [2.24, 2.45) is 0 Å². The number of aromatic nitrogens is 2. The van der Waals surface area contributed by atoms with Gasteiger partial charge in [-0.3, -0.25) is 4.79 Å². The molecule has 1 aromatic carbocycles. The average Bonchev–Trinajstić information content (AvgIpc) is 2.86. The maximum Gasteiger partial charge on any atom is 0.169 e. The van der Waals surface area contributed by atoms with Gasteiger partial charge in [0, 0.05) is 12.2 Å². The average molecular weight is 228 g/mol. The molecule has 2 aromatic rings. The molecule has 0 fully saturated rings. The van der Waals surface area contributed by atoms with Crippen LogP contribution in [0, 0.1) is 0 Å². The molecule has 1 aromatic heterocycles. The molecular weight excluding hydrogens is 212 g/mol. The molecule has 1 heterocycles.